The fourth-order valence-electron chi connectivity index (χ4n) is 4.46. The molecule has 1 aliphatic heterocycles. The van der Waals surface area contributed by atoms with Gasteiger partial charge in [0.15, 0.2) is 5.76 Å². The first-order valence-corrected chi connectivity index (χ1v) is 10.3. The number of benzene rings is 1. The van der Waals surface area contributed by atoms with E-state index in [-0.39, 0.29) is 11.9 Å². The van der Waals surface area contributed by atoms with Crippen LogP contribution < -0.4 is 5.32 Å². The average molecular weight is 375 g/mol. The summed E-state index contributed by atoms with van der Waals surface area (Å²) in [5.74, 6) is 0.821. The van der Waals surface area contributed by atoms with Gasteiger partial charge >= 0.3 is 0 Å². The van der Waals surface area contributed by atoms with Crippen molar-refractivity contribution in [3.63, 3.8) is 0 Å². The number of hydrogen-bond acceptors (Lipinski definition) is 3. The third-order valence-corrected chi connectivity index (χ3v) is 6.10. The molecule has 1 saturated heterocycles. The number of amides is 1. The first-order valence-electron chi connectivity index (χ1n) is 9.91. The van der Waals surface area contributed by atoms with Gasteiger partial charge in [-0.1, -0.05) is 30.9 Å². The van der Waals surface area contributed by atoms with E-state index in [9.17, 15) is 4.79 Å². The third-order valence-electron chi connectivity index (χ3n) is 5.87. The van der Waals surface area contributed by atoms with Crippen molar-refractivity contribution in [1.82, 2.24) is 10.2 Å². The number of hydrogen-bond donors (Lipinski definition) is 1. The van der Waals surface area contributed by atoms with Gasteiger partial charge in [-0.15, -0.1) is 0 Å². The lowest BCUT2D eigenvalue weighted by atomic mass is 9.83. The first kappa shape index (κ1) is 17.9. The molecule has 0 spiro atoms. The fourth-order valence-corrected chi connectivity index (χ4v) is 4.64. The van der Waals surface area contributed by atoms with Crippen LogP contribution in [0.15, 0.2) is 28.7 Å². The number of furan rings is 1. The molecule has 140 valence electrons. The smallest absolute Gasteiger partial charge is 0.287 e. The number of nitrogens with one attached hydrogen (secondary N) is 1. The third kappa shape index (κ3) is 4.07. The number of piperidine rings is 1. The summed E-state index contributed by atoms with van der Waals surface area (Å²) in [4.78, 5) is 15.3. The van der Waals surface area contributed by atoms with Gasteiger partial charge in [0.1, 0.15) is 5.58 Å². The quantitative estimate of drug-likeness (QED) is 0.831. The minimum atomic E-state index is -0.104. The Labute approximate surface area is 159 Å². The normalized spacial score (nSPS) is 24.7. The highest BCUT2D eigenvalue weighted by Gasteiger charge is 2.29. The second kappa shape index (κ2) is 8.01. The van der Waals surface area contributed by atoms with Gasteiger partial charge in [-0.05, 0) is 69.0 Å². The molecule has 26 heavy (non-hydrogen) atoms. The molecule has 1 saturated carbocycles. The lowest BCUT2D eigenvalue weighted by Gasteiger charge is -2.37. The molecule has 2 aliphatic rings. The maximum atomic E-state index is 12.8. The average Bonchev–Trinajstić information content (AvgIpc) is 3.07. The van der Waals surface area contributed by atoms with Crippen LogP contribution in [0.25, 0.3) is 11.0 Å². The molecule has 2 aromatic rings. The zero-order valence-corrected chi connectivity index (χ0v) is 15.9. The molecule has 0 radical (unpaired) electrons. The summed E-state index contributed by atoms with van der Waals surface area (Å²) in [6.07, 6.45) is 8.71. The van der Waals surface area contributed by atoms with Crippen molar-refractivity contribution in [3.8, 4) is 0 Å². The minimum Gasteiger partial charge on any atom is -0.451 e. The molecular weight excluding hydrogens is 348 g/mol. The Morgan fingerprint density at radius 2 is 1.92 bits per heavy atom. The van der Waals surface area contributed by atoms with Crippen LogP contribution in [-0.4, -0.2) is 36.5 Å². The van der Waals surface area contributed by atoms with Crippen LogP contribution in [0.1, 0.15) is 55.5 Å². The topological polar surface area (TPSA) is 45.5 Å². The number of halogens is 1. The van der Waals surface area contributed by atoms with E-state index in [2.05, 4.69) is 10.2 Å². The predicted molar refractivity (Wildman–Crippen MR) is 105 cm³/mol. The molecule has 2 atom stereocenters. The van der Waals surface area contributed by atoms with Crippen LogP contribution >= 0.6 is 11.6 Å². The summed E-state index contributed by atoms with van der Waals surface area (Å²) >= 11 is 6.03. The maximum absolute atomic E-state index is 12.8. The molecule has 1 aromatic carbocycles. The van der Waals surface area contributed by atoms with E-state index < -0.39 is 0 Å². The van der Waals surface area contributed by atoms with Crippen LogP contribution in [0, 0.1) is 5.92 Å². The molecule has 4 rings (SSSR count). The summed E-state index contributed by atoms with van der Waals surface area (Å²) in [7, 11) is 0. The number of nitrogens with zero attached hydrogens (tertiary/aromatic N) is 1. The molecular formula is C21H27ClN2O2. The van der Waals surface area contributed by atoms with Crippen molar-refractivity contribution in [2.24, 2.45) is 5.92 Å². The van der Waals surface area contributed by atoms with Crippen molar-refractivity contribution < 1.29 is 9.21 Å². The van der Waals surface area contributed by atoms with E-state index >= 15 is 0 Å². The minimum absolute atomic E-state index is 0.104. The number of carbonyl (C=O) groups is 1. The number of carbonyl (C=O) groups excluding carboxylic acids is 1. The Hall–Kier alpha value is -1.52. The molecule has 1 aliphatic carbocycles. The van der Waals surface area contributed by atoms with E-state index in [0.717, 1.165) is 18.4 Å². The van der Waals surface area contributed by atoms with E-state index in [1.54, 1.807) is 12.1 Å². The standard InChI is InChI=1S/C21H27ClN2O2/c22-17-8-9-19-16(12-17)13-20(26-19)21(25)23-18-7-3-2-6-15(18)14-24-10-4-1-5-11-24/h8-9,12-13,15,18H,1-7,10-11,14H2,(H,23,25). The Kier molecular flexibility index (Phi) is 5.51. The van der Waals surface area contributed by atoms with Crippen LogP contribution in [0.4, 0.5) is 0 Å². The van der Waals surface area contributed by atoms with Gasteiger partial charge in [-0.3, -0.25) is 4.79 Å². The van der Waals surface area contributed by atoms with Gasteiger partial charge in [-0.25, -0.2) is 0 Å². The molecule has 1 N–H and O–H groups in total. The van der Waals surface area contributed by atoms with Crippen LogP contribution in [-0.2, 0) is 0 Å². The van der Waals surface area contributed by atoms with Gasteiger partial charge in [0, 0.05) is 23.0 Å². The Morgan fingerprint density at radius 1 is 1.12 bits per heavy atom. The molecule has 1 aromatic heterocycles. The highest BCUT2D eigenvalue weighted by Crippen LogP contribution is 2.28. The molecule has 2 unspecified atom stereocenters. The molecule has 2 fully saturated rings. The Bertz CT molecular complexity index is 766. The first-order chi connectivity index (χ1) is 12.7. The largest absolute Gasteiger partial charge is 0.451 e. The van der Waals surface area contributed by atoms with Gasteiger partial charge < -0.3 is 14.6 Å². The summed E-state index contributed by atoms with van der Waals surface area (Å²) in [6, 6.07) is 7.46. The maximum Gasteiger partial charge on any atom is 0.287 e. The van der Waals surface area contributed by atoms with E-state index in [1.807, 2.05) is 12.1 Å². The molecule has 4 nitrogen and oxygen atoms in total. The number of likely N-dealkylation sites (tertiary alicyclic amines) is 1. The summed E-state index contributed by atoms with van der Waals surface area (Å²) in [5.41, 5.74) is 0.702. The second-order valence-electron chi connectivity index (χ2n) is 7.78. The van der Waals surface area contributed by atoms with E-state index in [1.165, 1.54) is 51.6 Å². The highest BCUT2D eigenvalue weighted by molar-refractivity contribution is 6.31. The monoisotopic (exact) mass is 374 g/mol. The van der Waals surface area contributed by atoms with Crippen LogP contribution in [0.3, 0.4) is 0 Å². The van der Waals surface area contributed by atoms with E-state index in [0.29, 0.717) is 22.3 Å². The summed E-state index contributed by atoms with van der Waals surface area (Å²) in [5, 5.41) is 4.78. The summed E-state index contributed by atoms with van der Waals surface area (Å²) in [6.45, 7) is 3.53. The van der Waals surface area contributed by atoms with Crippen LogP contribution in [0.5, 0.6) is 0 Å². The van der Waals surface area contributed by atoms with Crippen molar-refractivity contribution in [1.29, 1.82) is 0 Å². The van der Waals surface area contributed by atoms with Crippen LogP contribution in [0.2, 0.25) is 5.02 Å². The van der Waals surface area contributed by atoms with Gasteiger partial charge in [0.2, 0.25) is 0 Å². The van der Waals surface area contributed by atoms with Gasteiger partial charge in [0.05, 0.1) is 0 Å². The molecule has 2 heterocycles. The van der Waals surface area contributed by atoms with Gasteiger partial charge in [-0.2, -0.15) is 0 Å². The molecule has 0 bridgehead atoms. The molecule has 5 heteroatoms. The highest BCUT2D eigenvalue weighted by atomic mass is 35.5. The van der Waals surface area contributed by atoms with Gasteiger partial charge in [0.25, 0.3) is 5.91 Å². The Morgan fingerprint density at radius 3 is 2.77 bits per heavy atom. The lowest BCUT2D eigenvalue weighted by Crippen LogP contribution is -2.47. The summed E-state index contributed by atoms with van der Waals surface area (Å²) < 4.78 is 5.73. The Balaban J connectivity index is 1.43. The number of fused-ring (bicyclic) bond motifs is 1. The lowest BCUT2D eigenvalue weighted by molar-refractivity contribution is 0.0852. The van der Waals surface area contributed by atoms with Crippen molar-refractivity contribution in [2.45, 2.75) is 51.0 Å². The fraction of sp³-hybridized carbons (Fsp3) is 0.571. The second-order valence-corrected chi connectivity index (χ2v) is 8.21. The van der Waals surface area contributed by atoms with Crippen molar-refractivity contribution >= 4 is 28.5 Å². The molecule has 1 amide bonds. The zero-order chi connectivity index (χ0) is 17.9. The van der Waals surface area contributed by atoms with E-state index in [4.69, 9.17) is 16.0 Å². The zero-order valence-electron chi connectivity index (χ0n) is 15.2. The van der Waals surface area contributed by atoms with Crippen molar-refractivity contribution in [3.05, 3.63) is 35.0 Å². The number of rotatable bonds is 4. The predicted octanol–water partition coefficient (Wildman–Crippen LogP) is 4.86. The van der Waals surface area contributed by atoms with Crippen molar-refractivity contribution in [2.75, 3.05) is 19.6 Å². The SMILES string of the molecule is O=C(NC1CCCCC1CN1CCCCC1)c1cc2cc(Cl)ccc2o1.